The summed E-state index contributed by atoms with van der Waals surface area (Å²) in [5, 5.41) is 17.0. The summed E-state index contributed by atoms with van der Waals surface area (Å²) in [6.45, 7) is 3.03. The van der Waals surface area contributed by atoms with Crippen LogP contribution in [-0.2, 0) is 6.54 Å². The van der Waals surface area contributed by atoms with E-state index < -0.39 is 5.97 Å². The lowest BCUT2D eigenvalue weighted by Gasteiger charge is -2.06. The Hall–Kier alpha value is -1.39. The van der Waals surface area contributed by atoms with Gasteiger partial charge in [0.25, 0.3) is 0 Å². The maximum absolute atomic E-state index is 11.1. The molecule has 1 heterocycles. The molecule has 112 valence electrons. The van der Waals surface area contributed by atoms with Crippen molar-refractivity contribution in [1.82, 2.24) is 15.0 Å². The molecule has 0 aliphatic heterocycles. The molecule has 1 saturated carbocycles. The Bertz CT molecular complexity index is 438. The lowest BCUT2D eigenvalue weighted by molar-refractivity contribution is 0.0689. The molecule has 0 spiro atoms. The minimum atomic E-state index is -0.947. The topological polar surface area (TPSA) is 68.0 Å². The molecular weight excluding hydrogens is 254 g/mol. The smallest absolute Gasteiger partial charge is 0.358 e. The van der Waals surface area contributed by atoms with Crippen molar-refractivity contribution in [3.8, 4) is 0 Å². The lowest BCUT2D eigenvalue weighted by Crippen LogP contribution is -2.07. The standard InChI is InChI=1S/C15H25N3O2/c1-2-3-4-5-6-7-8-11-18-14(12-9-10-12)13(15(19)20)16-17-18/h12H,2-11H2,1H3,(H,19,20). The van der Waals surface area contributed by atoms with Gasteiger partial charge in [-0.1, -0.05) is 50.7 Å². The number of hydrogen-bond acceptors (Lipinski definition) is 3. The highest BCUT2D eigenvalue weighted by Gasteiger charge is 2.33. The van der Waals surface area contributed by atoms with E-state index in [1.165, 1.54) is 38.5 Å². The fourth-order valence-electron chi connectivity index (χ4n) is 2.62. The van der Waals surface area contributed by atoms with Gasteiger partial charge in [0, 0.05) is 12.5 Å². The first kappa shape index (κ1) is 15.0. The number of aromatic carboxylic acids is 1. The summed E-state index contributed by atoms with van der Waals surface area (Å²) in [5.41, 5.74) is 1.01. The van der Waals surface area contributed by atoms with Crippen molar-refractivity contribution in [3.05, 3.63) is 11.4 Å². The second-order valence-corrected chi connectivity index (χ2v) is 5.75. The first-order valence-corrected chi connectivity index (χ1v) is 7.90. The van der Waals surface area contributed by atoms with Crippen molar-refractivity contribution < 1.29 is 9.90 Å². The predicted molar refractivity (Wildman–Crippen MR) is 76.9 cm³/mol. The largest absolute Gasteiger partial charge is 0.476 e. The van der Waals surface area contributed by atoms with E-state index in [-0.39, 0.29) is 5.69 Å². The highest BCUT2D eigenvalue weighted by Crippen LogP contribution is 2.41. The van der Waals surface area contributed by atoms with Gasteiger partial charge in [0.05, 0.1) is 5.69 Å². The van der Waals surface area contributed by atoms with Gasteiger partial charge in [-0.05, 0) is 19.3 Å². The van der Waals surface area contributed by atoms with Crippen LogP contribution in [0.4, 0.5) is 0 Å². The summed E-state index contributed by atoms with van der Waals surface area (Å²) < 4.78 is 1.83. The first-order chi connectivity index (χ1) is 9.74. The zero-order chi connectivity index (χ0) is 14.4. The van der Waals surface area contributed by atoms with Gasteiger partial charge in [-0.25, -0.2) is 9.48 Å². The van der Waals surface area contributed by atoms with Crippen LogP contribution < -0.4 is 0 Å². The number of carboxylic acids is 1. The van der Waals surface area contributed by atoms with E-state index in [2.05, 4.69) is 17.2 Å². The number of rotatable bonds is 10. The van der Waals surface area contributed by atoms with E-state index in [0.29, 0.717) is 5.92 Å². The maximum Gasteiger partial charge on any atom is 0.358 e. The molecular formula is C15H25N3O2. The monoisotopic (exact) mass is 279 g/mol. The highest BCUT2D eigenvalue weighted by atomic mass is 16.4. The van der Waals surface area contributed by atoms with Gasteiger partial charge >= 0.3 is 5.97 Å². The summed E-state index contributed by atoms with van der Waals surface area (Å²) in [5.74, 6) is -0.571. The van der Waals surface area contributed by atoms with E-state index >= 15 is 0 Å². The van der Waals surface area contributed by atoms with Crippen molar-refractivity contribution in [2.24, 2.45) is 0 Å². The molecule has 1 aliphatic carbocycles. The van der Waals surface area contributed by atoms with Gasteiger partial charge in [-0.15, -0.1) is 5.10 Å². The van der Waals surface area contributed by atoms with Crippen LogP contribution in [0.2, 0.25) is 0 Å². The summed E-state index contributed by atoms with van der Waals surface area (Å²) >= 11 is 0. The number of hydrogen-bond donors (Lipinski definition) is 1. The minimum Gasteiger partial charge on any atom is -0.476 e. The number of carboxylic acid groups (broad SMARTS) is 1. The number of nitrogens with zero attached hydrogens (tertiary/aromatic N) is 3. The molecule has 1 fully saturated rings. The molecule has 1 aromatic rings. The summed E-state index contributed by atoms with van der Waals surface area (Å²) in [6.07, 6.45) is 10.9. The fourth-order valence-corrected chi connectivity index (χ4v) is 2.62. The van der Waals surface area contributed by atoms with Crippen molar-refractivity contribution in [2.45, 2.75) is 77.2 Å². The average molecular weight is 279 g/mol. The predicted octanol–water partition coefficient (Wildman–Crippen LogP) is 3.60. The van der Waals surface area contributed by atoms with Crippen LogP contribution in [0.3, 0.4) is 0 Å². The molecule has 0 aromatic carbocycles. The van der Waals surface area contributed by atoms with E-state index in [4.69, 9.17) is 5.11 Å². The van der Waals surface area contributed by atoms with E-state index in [9.17, 15) is 4.79 Å². The molecule has 0 saturated heterocycles. The van der Waals surface area contributed by atoms with Crippen LogP contribution >= 0.6 is 0 Å². The Morgan fingerprint density at radius 1 is 1.20 bits per heavy atom. The first-order valence-electron chi connectivity index (χ1n) is 7.90. The van der Waals surface area contributed by atoms with Gasteiger partial charge in [-0.2, -0.15) is 0 Å². The number of carbonyl (C=O) groups is 1. The Balaban J connectivity index is 1.77. The normalized spacial score (nSPS) is 14.7. The maximum atomic E-state index is 11.1. The molecule has 1 aromatic heterocycles. The molecule has 0 unspecified atom stereocenters. The molecule has 1 aliphatic rings. The Morgan fingerprint density at radius 3 is 2.45 bits per heavy atom. The van der Waals surface area contributed by atoms with Crippen LogP contribution in [0.25, 0.3) is 0 Å². The molecule has 1 N–H and O–H groups in total. The van der Waals surface area contributed by atoms with Gasteiger partial charge in [0.2, 0.25) is 0 Å². The third kappa shape index (κ3) is 4.05. The van der Waals surface area contributed by atoms with E-state index in [1.807, 2.05) is 4.68 Å². The SMILES string of the molecule is CCCCCCCCCn1nnc(C(=O)O)c1C1CC1. The Labute approximate surface area is 120 Å². The van der Waals surface area contributed by atoms with Crippen molar-refractivity contribution >= 4 is 5.97 Å². The van der Waals surface area contributed by atoms with Crippen LogP contribution in [0.5, 0.6) is 0 Å². The molecule has 2 rings (SSSR count). The molecule has 0 bridgehead atoms. The van der Waals surface area contributed by atoms with Crippen LogP contribution in [-0.4, -0.2) is 26.1 Å². The molecule has 0 amide bonds. The molecule has 0 radical (unpaired) electrons. The quantitative estimate of drug-likeness (QED) is 0.664. The van der Waals surface area contributed by atoms with Gasteiger partial charge in [-0.3, -0.25) is 0 Å². The van der Waals surface area contributed by atoms with Crippen LogP contribution in [0, 0.1) is 0 Å². The molecule has 0 atom stereocenters. The zero-order valence-electron chi connectivity index (χ0n) is 12.3. The third-order valence-electron chi connectivity index (χ3n) is 3.91. The number of unbranched alkanes of at least 4 members (excludes halogenated alkanes) is 6. The second-order valence-electron chi connectivity index (χ2n) is 5.75. The van der Waals surface area contributed by atoms with Crippen molar-refractivity contribution in [1.29, 1.82) is 0 Å². The summed E-state index contributed by atoms with van der Waals surface area (Å²) in [4.78, 5) is 11.1. The Kier molecular flexibility index (Phi) is 5.56. The fraction of sp³-hybridized carbons (Fsp3) is 0.800. The van der Waals surface area contributed by atoms with Crippen LogP contribution in [0.1, 0.15) is 86.8 Å². The third-order valence-corrected chi connectivity index (χ3v) is 3.91. The molecule has 5 nitrogen and oxygen atoms in total. The lowest BCUT2D eigenvalue weighted by atomic mass is 10.1. The summed E-state index contributed by atoms with van der Waals surface area (Å²) in [6, 6.07) is 0. The summed E-state index contributed by atoms with van der Waals surface area (Å²) in [7, 11) is 0. The van der Waals surface area contributed by atoms with E-state index in [1.54, 1.807) is 0 Å². The zero-order valence-corrected chi connectivity index (χ0v) is 12.3. The number of aryl methyl sites for hydroxylation is 1. The molecule has 5 heteroatoms. The second kappa shape index (κ2) is 7.41. The van der Waals surface area contributed by atoms with Gasteiger partial charge < -0.3 is 5.11 Å². The average Bonchev–Trinajstić information content (AvgIpc) is 3.18. The van der Waals surface area contributed by atoms with Crippen molar-refractivity contribution in [3.63, 3.8) is 0 Å². The minimum absolute atomic E-state index is 0.162. The van der Waals surface area contributed by atoms with Gasteiger partial charge in [0.1, 0.15) is 0 Å². The Morgan fingerprint density at radius 2 is 1.85 bits per heavy atom. The van der Waals surface area contributed by atoms with Gasteiger partial charge in [0.15, 0.2) is 5.69 Å². The van der Waals surface area contributed by atoms with E-state index in [0.717, 1.165) is 31.5 Å². The highest BCUT2D eigenvalue weighted by molar-refractivity contribution is 5.86. The van der Waals surface area contributed by atoms with Crippen molar-refractivity contribution in [2.75, 3.05) is 0 Å². The number of aromatic nitrogens is 3. The van der Waals surface area contributed by atoms with Crippen LogP contribution in [0.15, 0.2) is 0 Å². The molecule has 20 heavy (non-hydrogen) atoms.